The van der Waals surface area contributed by atoms with Gasteiger partial charge in [0.1, 0.15) is 6.29 Å². The van der Waals surface area contributed by atoms with Crippen molar-refractivity contribution in [2.75, 3.05) is 6.61 Å². The lowest BCUT2D eigenvalue weighted by molar-refractivity contribution is 0.112. The first-order valence-corrected chi connectivity index (χ1v) is 6.33. The summed E-state index contributed by atoms with van der Waals surface area (Å²) in [6.45, 7) is 2.47. The summed E-state index contributed by atoms with van der Waals surface area (Å²) in [7, 11) is 0. The minimum Gasteiger partial charge on any atom is -0.490 e. The van der Waals surface area contributed by atoms with Gasteiger partial charge in [0.2, 0.25) is 12.2 Å². The van der Waals surface area contributed by atoms with Crippen LogP contribution >= 0.6 is 15.9 Å². The Morgan fingerprint density at radius 1 is 1.42 bits per heavy atom. The molecule has 0 fully saturated rings. The highest BCUT2D eigenvalue weighted by molar-refractivity contribution is 9.10. The first-order chi connectivity index (χ1) is 9.24. The highest BCUT2D eigenvalue weighted by atomic mass is 79.9. The maximum absolute atomic E-state index is 10.8. The van der Waals surface area contributed by atoms with Crippen LogP contribution in [0.1, 0.15) is 23.1 Å². The molecule has 0 bridgehead atoms. The van der Waals surface area contributed by atoms with Crippen LogP contribution in [0.3, 0.4) is 0 Å². The highest BCUT2D eigenvalue weighted by Crippen LogP contribution is 2.36. The number of hydrogen-bond acceptors (Lipinski definition) is 6. The second-order valence-corrected chi connectivity index (χ2v) is 4.37. The number of carbonyl (C=O) groups excluding carboxylic acids is 1. The lowest BCUT2D eigenvalue weighted by atomic mass is 10.2. The molecule has 6 nitrogen and oxygen atoms in total. The number of hydrogen-bond donors (Lipinski definition) is 0. The van der Waals surface area contributed by atoms with Crippen LogP contribution in [0, 0.1) is 0 Å². The van der Waals surface area contributed by atoms with Crippen molar-refractivity contribution in [2.45, 2.75) is 13.5 Å². The van der Waals surface area contributed by atoms with E-state index < -0.39 is 0 Å². The molecule has 0 atom stereocenters. The molecule has 2 rings (SSSR count). The fourth-order valence-corrected chi connectivity index (χ4v) is 2.03. The van der Waals surface area contributed by atoms with Crippen LogP contribution in [-0.2, 0) is 6.61 Å². The van der Waals surface area contributed by atoms with Gasteiger partial charge in [0.05, 0.1) is 11.1 Å². The fraction of sp³-hybridized carbons (Fsp3) is 0.250. The average Bonchev–Trinajstić information content (AvgIpc) is 2.91. The van der Waals surface area contributed by atoms with Gasteiger partial charge in [-0.05, 0) is 35.0 Å². The quantitative estimate of drug-likeness (QED) is 0.759. The molecular weight excluding hydrogens is 316 g/mol. The molecule has 0 saturated carbocycles. The topological polar surface area (TPSA) is 74.5 Å². The van der Waals surface area contributed by atoms with Gasteiger partial charge in [-0.15, -0.1) is 0 Å². The molecule has 0 amide bonds. The summed E-state index contributed by atoms with van der Waals surface area (Å²) in [6.07, 6.45) is 1.98. The molecule has 0 aliphatic carbocycles. The number of halogens is 1. The van der Waals surface area contributed by atoms with Crippen molar-refractivity contribution in [3.63, 3.8) is 0 Å². The second-order valence-electron chi connectivity index (χ2n) is 3.52. The van der Waals surface area contributed by atoms with Crippen LogP contribution < -0.4 is 9.47 Å². The average molecular weight is 327 g/mol. The molecule has 1 heterocycles. The molecule has 1 aromatic heterocycles. The summed E-state index contributed by atoms with van der Waals surface area (Å²) in [5.41, 5.74) is 0.502. The van der Waals surface area contributed by atoms with E-state index in [4.69, 9.17) is 9.47 Å². The van der Waals surface area contributed by atoms with Gasteiger partial charge in [-0.3, -0.25) is 4.79 Å². The normalized spacial score (nSPS) is 10.2. The van der Waals surface area contributed by atoms with Crippen LogP contribution in [0.25, 0.3) is 0 Å². The van der Waals surface area contributed by atoms with Crippen molar-refractivity contribution in [3.8, 4) is 11.5 Å². The maximum Gasteiger partial charge on any atom is 0.213 e. The number of nitrogens with zero attached hydrogens (tertiary/aromatic N) is 2. The van der Waals surface area contributed by atoms with Gasteiger partial charge < -0.3 is 14.0 Å². The molecule has 0 aliphatic rings. The number of rotatable bonds is 6. The number of aldehydes is 1. The third-order valence-electron chi connectivity index (χ3n) is 2.22. The molecular formula is C12H11BrN2O4. The van der Waals surface area contributed by atoms with E-state index >= 15 is 0 Å². The Hall–Kier alpha value is -1.89. The van der Waals surface area contributed by atoms with E-state index in [0.29, 0.717) is 34.0 Å². The highest BCUT2D eigenvalue weighted by Gasteiger charge is 2.13. The van der Waals surface area contributed by atoms with E-state index in [9.17, 15) is 4.79 Å². The number of benzene rings is 1. The summed E-state index contributed by atoms with van der Waals surface area (Å²) >= 11 is 3.34. The van der Waals surface area contributed by atoms with E-state index in [1.165, 1.54) is 6.39 Å². The van der Waals surface area contributed by atoms with Crippen molar-refractivity contribution in [2.24, 2.45) is 0 Å². The van der Waals surface area contributed by atoms with Crippen molar-refractivity contribution >= 4 is 22.2 Å². The van der Waals surface area contributed by atoms with Crippen LogP contribution in [0.2, 0.25) is 0 Å². The van der Waals surface area contributed by atoms with Gasteiger partial charge in [-0.2, -0.15) is 4.98 Å². The van der Waals surface area contributed by atoms with Gasteiger partial charge >= 0.3 is 0 Å². The Labute approximate surface area is 117 Å². The predicted molar refractivity (Wildman–Crippen MR) is 69.3 cm³/mol. The maximum atomic E-state index is 10.8. The molecule has 7 heteroatoms. The van der Waals surface area contributed by atoms with E-state index in [2.05, 4.69) is 30.6 Å². The smallest absolute Gasteiger partial charge is 0.213 e. The van der Waals surface area contributed by atoms with E-state index in [1.54, 1.807) is 12.1 Å². The second kappa shape index (κ2) is 6.33. The molecule has 0 aliphatic heterocycles. The summed E-state index contributed by atoms with van der Waals surface area (Å²) in [6, 6.07) is 3.27. The SMILES string of the molecule is CCOc1cc(C=O)cc(Br)c1OCc1ncon1. The summed E-state index contributed by atoms with van der Waals surface area (Å²) in [4.78, 5) is 14.7. The zero-order valence-electron chi connectivity index (χ0n) is 10.1. The molecule has 100 valence electrons. The van der Waals surface area contributed by atoms with Gasteiger partial charge in [-0.25, -0.2) is 0 Å². The minimum absolute atomic E-state index is 0.148. The van der Waals surface area contributed by atoms with Crippen molar-refractivity contribution < 1.29 is 18.8 Å². The van der Waals surface area contributed by atoms with E-state index in [-0.39, 0.29) is 6.61 Å². The number of ether oxygens (including phenoxy) is 2. The minimum atomic E-state index is 0.148. The van der Waals surface area contributed by atoms with Crippen LogP contribution in [0.5, 0.6) is 11.5 Å². The molecule has 0 radical (unpaired) electrons. The zero-order chi connectivity index (χ0) is 13.7. The largest absolute Gasteiger partial charge is 0.490 e. The Balaban J connectivity index is 2.24. The molecule has 19 heavy (non-hydrogen) atoms. The Morgan fingerprint density at radius 3 is 2.89 bits per heavy atom. The first-order valence-electron chi connectivity index (χ1n) is 5.54. The molecule has 0 saturated heterocycles. The predicted octanol–water partition coefficient (Wildman–Crippen LogP) is 2.62. The summed E-state index contributed by atoms with van der Waals surface area (Å²) < 4.78 is 16.3. The van der Waals surface area contributed by atoms with Crippen LogP contribution in [0.4, 0.5) is 0 Å². The van der Waals surface area contributed by atoms with Crippen molar-refractivity contribution in [1.82, 2.24) is 10.1 Å². The van der Waals surface area contributed by atoms with Crippen molar-refractivity contribution in [1.29, 1.82) is 0 Å². The Morgan fingerprint density at radius 2 is 2.26 bits per heavy atom. The summed E-state index contributed by atoms with van der Waals surface area (Å²) in [5.74, 6) is 1.41. The van der Waals surface area contributed by atoms with Gasteiger partial charge in [0.25, 0.3) is 0 Å². The zero-order valence-corrected chi connectivity index (χ0v) is 11.7. The Bertz CT molecular complexity index is 557. The van der Waals surface area contributed by atoms with Gasteiger partial charge in [0, 0.05) is 5.56 Å². The third kappa shape index (κ3) is 3.31. The molecule has 0 unspecified atom stereocenters. The van der Waals surface area contributed by atoms with Gasteiger partial charge in [-0.1, -0.05) is 5.16 Å². The van der Waals surface area contributed by atoms with Crippen LogP contribution in [-0.4, -0.2) is 23.0 Å². The van der Waals surface area contributed by atoms with Crippen molar-refractivity contribution in [3.05, 3.63) is 34.4 Å². The molecule has 0 N–H and O–H groups in total. The number of carbonyl (C=O) groups is 1. The molecule has 1 aromatic carbocycles. The van der Waals surface area contributed by atoms with E-state index in [0.717, 1.165) is 6.29 Å². The van der Waals surface area contributed by atoms with E-state index in [1.807, 2.05) is 6.92 Å². The first kappa shape index (κ1) is 13.5. The molecule has 0 spiro atoms. The molecule has 2 aromatic rings. The fourth-order valence-electron chi connectivity index (χ4n) is 1.45. The van der Waals surface area contributed by atoms with Crippen LogP contribution in [0.15, 0.2) is 27.5 Å². The lowest BCUT2D eigenvalue weighted by Crippen LogP contribution is -2.02. The monoisotopic (exact) mass is 326 g/mol. The Kier molecular flexibility index (Phi) is 4.51. The van der Waals surface area contributed by atoms with Gasteiger partial charge in [0.15, 0.2) is 18.1 Å². The standard InChI is InChI=1S/C12H11BrN2O4/c1-2-17-10-4-8(5-16)3-9(13)12(10)18-6-11-14-7-19-15-11/h3-5,7H,2,6H2,1H3. The summed E-state index contributed by atoms with van der Waals surface area (Å²) in [5, 5.41) is 3.65. The lowest BCUT2D eigenvalue weighted by Gasteiger charge is -2.13. The number of aromatic nitrogens is 2. The third-order valence-corrected chi connectivity index (χ3v) is 2.81.